The molecule has 0 aliphatic heterocycles. The first-order chi connectivity index (χ1) is 12.4. The number of methoxy groups -OCH3 is 1. The number of rotatable bonds is 8. The van der Waals surface area contributed by atoms with E-state index in [1.165, 1.54) is 11.8 Å². The maximum Gasteiger partial charge on any atom is 0.328 e. The van der Waals surface area contributed by atoms with Crippen LogP contribution in [0.25, 0.3) is 10.9 Å². The van der Waals surface area contributed by atoms with Gasteiger partial charge in [0.15, 0.2) is 5.69 Å². The predicted molar refractivity (Wildman–Crippen MR) is 97.6 cm³/mol. The molecule has 0 saturated carbocycles. The molecule has 2 atom stereocenters. The van der Waals surface area contributed by atoms with Gasteiger partial charge in [0.25, 0.3) is 5.91 Å². The second-order valence-electron chi connectivity index (χ2n) is 6.65. The summed E-state index contributed by atoms with van der Waals surface area (Å²) >= 11 is 0. The van der Waals surface area contributed by atoms with E-state index in [2.05, 4.69) is 10.4 Å². The highest BCUT2D eigenvalue weighted by atomic mass is 19.1. The molecular formula is C19H26FN3O3. The van der Waals surface area contributed by atoms with E-state index in [9.17, 15) is 14.0 Å². The summed E-state index contributed by atoms with van der Waals surface area (Å²) in [6.07, 6.45) is 0.147. The van der Waals surface area contributed by atoms with Gasteiger partial charge in [-0.05, 0) is 18.4 Å². The predicted octanol–water partition coefficient (Wildman–Crippen LogP) is 3.10. The molecular weight excluding hydrogens is 337 g/mol. The summed E-state index contributed by atoms with van der Waals surface area (Å²) in [7, 11) is 1.28. The van der Waals surface area contributed by atoms with Crippen molar-refractivity contribution in [1.29, 1.82) is 0 Å². The van der Waals surface area contributed by atoms with Gasteiger partial charge in [0.2, 0.25) is 0 Å². The average Bonchev–Trinajstić information content (AvgIpc) is 2.97. The Morgan fingerprint density at radius 3 is 2.62 bits per heavy atom. The number of hydrogen-bond donors (Lipinski definition) is 1. The third-order valence-electron chi connectivity index (χ3n) is 4.25. The van der Waals surface area contributed by atoms with Gasteiger partial charge < -0.3 is 10.1 Å². The molecule has 0 saturated heterocycles. The molecule has 0 radical (unpaired) electrons. The summed E-state index contributed by atoms with van der Waals surface area (Å²) in [6.45, 7) is 5.64. The maximum atomic E-state index is 14.1. The lowest BCUT2D eigenvalue weighted by atomic mass is 10.0. The number of fused-ring (bicyclic) bond motifs is 1. The topological polar surface area (TPSA) is 73.2 Å². The number of nitrogens with zero attached hydrogens (tertiary/aromatic N) is 2. The van der Waals surface area contributed by atoms with Gasteiger partial charge in [-0.15, -0.1) is 0 Å². The van der Waals surface area contributed by atoms with Crippen LogP contribution in [0.2, 0.25) is 0 Å². The zero-order valence-electron chi connectivity index (χ0n) is 15.7. The molecule has 7 heteroatoms. The van der Waals surface area contributed by atoms with Gasteiger partial charge in [-0.3, -0.25) is 9.48 Å². The molecule has 0 bridgehead atoms. The van der Waals surface area contributed by atoms with Gasteiger partial charge in [0, 0.05) is 5.39 Å². The Bertz CT molecular complexity index is 772. The Morgan fingerprint density at radius 1 is 1.31 bits per heavy atom. The van der Waals surface area contributed by atoms with Gasteiger partial charge in [0.1, 0.15) is 12.2 Å². The fourth-order valence-electron chi connectivity index (χ4n) is 2.86. The molecule has 0 aliphatic rings. The van der Waals surface area contributed by atoms with Crippen LogP contribution in [-0.4, -0.2) is 41.0 Å². The lowest BCUT2D eigenvalue weighted by Gasteiger charge is -2.19. The minimum Gasteiger partial charge on any atom is -0.467 e. The van der Waals surface area contributed by atoms with Crippen molar-refractivity contribution >= 4 is 22.8 Å². The molecule has 1 aromatic carbocycles. The highest BCUT2D eigenvalue weighted by Crippen LogP contribution is 2.20. The van der Waals surface area contributed by atoms with Crippen LogP contribution in [-0.2, 0) is 16.1 Å². The second-order valence-corrected chi connectivity index (χ2v) is 6.65. The van der Waals surface area contributed by atoms with E-state index in [-0.39, 0.29) is 18.2 Å². The first-order valence-electron chi connectivity index (χ1n) is 8.87. The molecule has 142 valence electrons. The Hall–Kier alpha value is -2.44. The molecule has 2 unspecified atom stereocenters. The standard InChI is InChI=1S/C19H26FN3O3/c1-5-8-13(20)11-23-15-10-7-6-9-14(15)17(22-23)18(24)21-16(12(2)3)19(25)26-4/h6-7,9-10,12-13,16H,5,8,11H2,1-4H3,(H,21,24). The molecule has 26 heavy (non-hydrogen) atoms. The number of hydrogen-bond acceptors (Lipinski definition) is 4. The second kappa shape index (κ2) is 8.78. The van der Waals surface area contributed by atoms with Crippen molar-refractivity contribution in [1.82, 2.24) is 15.1 Å². The molecule has 0 spiro atoms. The van der Waals surface area contributed by atoms with Crippen LogP contribution in [0.15, 0.2) is 24.3 Å². The van der Waals surface area contributed by atoms with E-state index in [0.717, 1.165) is 6.42 Å². The third kappa shape index (κ3) is 4.39. The van der Waals surface area contributed by atoms with E-state index < -0.39 is 24.1 Å². The molecule has 1 aromatic heterocycles. The number of alkyl halides is 1. The summed E-state index contributed by atoms with van der Waals surface area (Å²) < 4.78 is 20.3. The summed E-state index contributed by atoms with van der Waals surface area (Å²) in [5.41, 5.74) is 0.870. The van der Waals surface area contributed by atoms with Crippen LogP contribution in [0, 0.1) is 5.92 Å². The number of carbonyl (C=O) groups is 2. The van der Waals surface area contributed by atoms with Gasteiger partial charge >= 0.3 is 5.97 Å². The van der Waals surface area contributed by atoms with Gasteiger partial charge in [0.05, 0.1) is 19.2 Å². The van der Waals surface area contributed by atoms with Crippen molar-refractivity contribution in [3.63, 3.8) is 0 Å². The monoisotopic (exact) mass is 363 g/mol. The zero-order chi connectivity index (χ0) is 19.3. The van der Waals surface area contributed by atoms with E-state index in [0.29, 0.717) is 17.3 Å². The molecule has 2 aromatic rings. The van der Waals surface area contributed by atoms with Crippen molar-refractivity contribution in [3.05, 3.63) is 30.0 Å². The van der Waals surface area contributed by atoms with Crippen molar-refractivity contribution < 1.29 is 18.7 Å². The van der Waals surface area contributed by atoms with E-state index in [4.69, 9.17) is 4.74 Å². The number of para-hydroxylation sites is 1. The quantitative estimate of drug-likeness (QED) is 0.732. The number of carbonyl (C=O) groups excluding carboxylic acids is 2. The van der Waals surface area contributed by atoms with Crippen LogP contribution in [0.5, 0.6) is 0 Å². The molecule has 0 aliphatic carbocycles. The van der Waals surface area contributed by atoms with Crippen molar-refractivity contribution in [2.45, 2.75) is 52.4 Å². The highest BCUT2D eigenvalue weighted by Gasteiger charge is 2.27. The smallest absolute Gasteiger partial charge is 0.328 e. The minimum absolute atomic E-state index is 0.0895. The molecule has 6 nitrogen and oxygen atoms in total. The van der Waals surface area contributed by atoms with E-state index in [1.54, 1.807) is 18.2 Å². The number of aromatic nitrogens is 2. The maximum absolute atomic E-state index is 14.1. The fraction of sp³-hybridized carbons (Fsp3) is 0.526. The first-order valence-corrected chi connectivity index (χ1v) is 8.87. The van der Waals surface area contributed by atoms with Crippen LogP contribution < -0.4 is 5.32 Å². The Kier molecular flexibility index (Phi) is 6.71. The third-order valence-corrected chi connectivity index (χ3v) is 4.25. The van der Waals surface area contributed by atoms with Crippen molar-refractivity contribution in [2.75, 3.05) is 7.11 Å². The largest absolute Gasteiger partial charge is 0.467 e. The van der Waals surface area contributed by atoms with Gasteiger partial charge in [-0.2, -0.15) is 5.10 Å². The number of benzene rings is 1. The number of esters is 1. The van der Waals surface area contributed by atoms with Crippen molar-refractivity contribution in [3.8, 4) is 0 Å². The molecule has 2 rings (SSSR count). The lowest BCUT2D eigenvalue weighted by molar-refractivity contribution is -0.144. The van der Waals surface area contributed by atoms with Crippen LogP contribution in [0.3, 0.4) is 0 Å². The zero-order valence-corrected chi connectivity index (χ0v) is 15.7. The number of amides is 1. The fourth-order valence-corrected chi connectivity index (χ4v) is 2.86. The number of nitrogens with one attached hydrogen (secondary N) is 1. The SMILES string of the molecule is CCCC(F)Cn1nc(C(=O)NC(C(=O)OC)C(C)C)c2ccccc21. The van der Waals surface area contributed by atoms with Crippen molar-refractivity contribution in [2.24, 2.45) is 5.92 Å². The van der Waals surface area contributed by atoms with Crippen LogP contribution in [0.1, 0.15) is 44.1 Å². The van der Waals surface area contributed by atoms with Gasteiger partial charge in [-0.25, -0.2) is 9.18 Å². The average molecular weight is 363 g/mol. The number of ether oxygens (including phenoxy) is 1. The van der Waals surface area contributed by atoms with E-state index in [1.807, 2.05) is 26.8 Å². The van der Waals surface area contributed by atoms with Gasteiger partial charge in [-0.1, -0.05) is 45.4 Å². The lowest BCUT2D eigenvalue weighted by Crippen LogP contribution is -2.45. The molecule has 1 heterocycles. The minimum atomic E-state index is -1.03. The highest BCUT2D eigenvalue weighted by molar-refractivity contribution is 6.06. The summed E-state index contributed by atoms with van der Waals surface area (Å²) in [4.78, 5) is 24.6. The summed E-state index contributed by atoms with van der Waals surface area (Å²) in [6, 6.07) is 6.41. The number of halogens is 1. The summed E-state index contributed by atoms with van der Waals surface area (Å²) in [5.74, 6) is -1.13. The molecule has 0 fully saturated rings. The van der Waals surface area contributed by atoms with Crippen LogP contribution in [0.4, 0.5) is 4.39 Å². The molecule has 1 amide bonds. The molecule has 1 N–H and O–H groups in total. The Balaban J connectivity index is 2.33. The normalized spacial score (nSPS) is 13.6. The Labute approximate surface area is 152 Å². The summed E-state index contributed by atoms with van der Waals surface area (Å²) in [5, 5.41) is 7.63. The van der Waals surface area contributed by atoms with Crippen LogP contribution >= 0.6 is 0 Å². The Morgan fingerprint density at radius 2 is 2.00 bits per heavy atom. The first kappa shape index (κ1) is 19.9. The van der Waals surface area contributed by atoms with E-state index >= 15 is 0 Å².